The van der Waals surface area contributed by atoms with Gasteiger partial charge in [-0.05, 0) is 39.0 Å². The molecule has 6 heteroatoms. The minimum atomic E-state index is 0. The highest BCUT2D eigenvalue weighted by Crippen LogP contribution is 2.15. The Morgan fingerprint density at radius 2 is 0.538 bits per heavy atom. The molecule has 0 aliphatic carbocycles. The van der Waals surface area contributed by atoms with Gasteiger partial charge < -0.3 is 25.4 Å². The summed E-state index contributed by atoms with van der Waals surface area (Å²) >= 11 is 0. The summed E-state index contributed by atoms with van der Waals surface area (Å²) in [5.41, 5.74) is 0. The first kappa shape index (κ1) is 54.2. The predicted octanol–water partition coefficient (Wildman–Crippen LogP) is 13.5. The number of hydrogen-bond donors (Lipinski definition) is 3. The van der Waals surface area contributed by atoms with E-state index in [1.807, 2.05) is 0 Å². The van der Waals surface area contributed by atoms with E-state index in [0.29, 0.717) is 12.2 Å². The second-order valence-corrected chi connectivity index (χ2v) is 15.9. The SMILES string of the molecule is CCCCCCCCCCCCCCCCCCNCCCCCCCCCCCCCCCCCC.CCNCC1CO1.CCNCC1CO1.Cl. The predicted molar refractivity (Wildman–Crippen MR) is 236 cm³/mol. The van der Waals surface area contributed by atoms with Crippen molar-refractivity contribution in [1.29, 1.82) is 0 Å². The van der Waals surface area contributed by atoms with Gasteiger partial charge in [0.1, 0.15) is 0 Å². The summed E-state index contributed by atoms with van der Waals surface area (Å²) in [5.74, 6) is 0. The number of nitrogens with one attached hydrogen (secondary N) is 3. The summed E-state index contributed by atoms with van der Waals surface area (Å²) < 4.78 is 9.90. The summed E-state index contributed by atoms with van der Waals surface area (Å²) in [6.45, 7) is 17.4. The van der Waals surface area contributed by atoms with Crippen LogP contribution in [0.1, 0.15) is 233 Å². The fraction of sp³-hybridized carbons (Fsp3) is 1.00. The minimum Gasteiger partial charge on any atom is -0.372 e. The molecule has 0 saturated carbocycles. The number of likely N-dealkylation sites (N-methyl/N-ethyl adjacent to an activating group) is 2. The number of hydrogen-bond acceptors (Lipinski definition) is 5. The van der Waals surface area contributed by atoms with Gasteiger partial charge in [-0.1, -0.05) is 220 Å². The molecule has 2 aliphatic rings. The standard InChI is InChI=1S/C36H75N.2C5H11NO.ClH/c1-3-5-7-9-11-13-15-17-19-21-23-25-27-29-31-33-35-37-36-34-32-30-28-26-24-22-20-18-16-14-12-10-8-6-4-2;2*1-2-6-3-5-4-7-5;/h37H,3-36H2,1-2H3;2*5-6H,2-4H2,1H3;1H. The van der Waals surface area contributed by atoms with Crippen LogP contribution in [0.5, 0.6) is 0 Å². The average Bonchev–Trinajstić information content (AvgIpc) is 4.09. The van der Waals surface area contributed by atoms with Gasteiger partial charge in [-0.15, -0.1) is 12.4 Å². The summed E-state index contributed by atoms with van der Waals surface area (Å²) in [6.07, 6.45) is 47.8. The lowest BCUT2D eigenvalue weighted by atomic mass is 10.0. The smallest absolute Gasteiger partial charge is 0.0933 e. The molecule has 0 aromatic heterocycles. The van der Waals surface area contributed by atoms with Crippen LogP contribution in [-0.2, 0) is 9.47 Å². The Kier molecular flexibility index (Phi) is 51.2. The summed E-state index contributed by atoms with van der Waals surface area (Å²) in [4.78, 5) is 0. The van der Waals surface area contributed by atoms with Crippen molar-refractivity contribution in [3.05, 3.63) is 0 Å². The van der Waals surface area contributed by atoms with Crippen molar-refractivity contribution in [2.45, 2.75) is 245 Å². The van der Waals surface area contributed by atoms with Gasteiger partial charge in [0.05, 0.1) is 25.4 Å². The van der Waals surface area contributed by atoms with Crippen molar-refractivity contribution in [2.24, 2.45) is 0 Å². The fourth-order valence-electron chi connectivity index (χ4n) is 6.70. The van der Waals surface area contributed by atoms with Crippen LogP contribution in [-0.4, -0.2) is 64.7 Å². The normalized spacial score (nSPS) is 15.7. The fourth-order valence-corrected chi connectivity index (χ4v) is 6.70. The molecule has 0 spiro atoms. The third-order valence-electron chi connectivity index (χ3n) is 10.5. The third kappa shape index (κ3) is 52.2. The molecule has 5 nitrogen and oxygen atoms in total. The lowest BCUT2D eigenvalue weighted by Crippen LogP contribution is -2.18. The van der Waals surface area contributed by atoms with E-state index in [9.17, 15) is 0 Å². The first-order chi connectivity index (χ1) is 25.3. The van der Waals surface area contributed by atoms with Crippen LogP contribution in [0.15, 0.2) is 0 Å². The van der Waals surface area contributed by atoms with E-state index >= 15 is 0 Å². The Morgan fingerprint density at radius 3 is 0.731 bits per heavy atom. The Balaban J connectivity index is 0. The molecule has 2 fully saturated rings. The molecule has 0 aromatic rings. The zero-order valence-electron chi connectivity index (χ0n) is 36.2. The molecule has 0 radical (unpaired) electrons. The van der Waals surface area contributed by atoms with Crippen molar-refractivity contribution in [1.82, 2.24) is 16.0 Å². The maximum absolute atomic E-state index is 4.95. The minimum absolute atomic E-state index is 0. The monoisotopic (exact) mass is 760 g/mol. The van der Waals surface area contributed by atoms with Gasteiger partial charge in [-0.2, -0.15) is 0 Å². The second kappa shape index (κ2) is 49.1. The summed E-state index contributed by atoms with van der Waals surface area (Å²) in [7, 11) is 0. The quantitative estimate of drug-likeness (QED) is 0.0429. The summed E-state index contributed by atoms with van der Waals surface area (Å²) in [5, 5.41) is 10.1. The van der Waals surface area contributed by atoms with Gasteiger partial charge in [0.25, 0.3) is 0 Å². The van der Waals surface area contributed by atoms with E-state index in [2.05, 4.69) is 43.6 Å². The Labute approximate surface area is 334 Å². The molecule has 3 N–H and O–H groups in total. The highest BCUT2D eigenvalue weighted by Gasteiger charge is 2.21. The lowest BCUT2D eigenvalue weighted by Gasteiger charge is -2.06. The van der Waals surface area contributed by atoms with Gasteiger partial charge >= 0.3 is 0 Å². The molecule has 2 unspecified atom stereocenters. The van der Waals surface area contributed by atoms with Crippen LogP contribution in [0.25, 0.3) is 0 Å². The van der Waals surface area contributed by atoms with Crippen LogP contribution in [0.3, 0.4) is 0 Å². The number of epoxide rings is 2. The van der Waals surface area contributed by atoms with Crippen molar-refractivity contribution < 1.29 is 9.47 Å². The zero-order chi connectivity index (χ0) is 37.0. The average molecular weight is 761 g/mol. The molecule has 2 saturated heterocycles. The van der Waals surface area contributed by atoms with E-state index in [1.54, 1.807) is 0 Å². The second-order valence-electron chi connectivity index (χ2n) is 15.9. The Hall–Kier alpha value is 0.0900. The Morgan fingerprint density at radius 1 is 0.327 bits per heavy atom. The van der Waals surface area contributed by atoms with Crippen LogP contribution in [0.2, 0.25) is 0 Å². The van der Waals surface area contributed by atoms with Crippen molar-refractivity contribution >= 4 is 12.4 Å². The Bertz CT molecular complexity index is 556. The largest absolute Gasteiger partial charge is 0.372 e. The maximum Gasteiger partial charge on any atom is 0.0933 e. The van der Waals surface area contributed by atoms with E-state index in [4.69, 9.17) is 9.47 Å². The van der Waals surface area contributed by atoms with E-state index in [0.717, 1.165) is 39.4 Å². The van der Waals surface area contributed by atoms with Gasteiger partial charge in [-0.3, -0.25) is 0 Å². The van der Waals surface area contributed by atoms with E-state index in [1.165, 1.54) is 219 Å². The topological polar surface area (TPSA) is 61.1 Å². The first-order valence-electron chi connectivity index (χ1n) is 23.6. The number of rotatable bonds is 40. The lowest BCUT2D eigenvalue weighted by molar-refractivity contribution is 0.398. The van der Waals surface area contributed by atoms with Gasteiger partial charge in [0, 0.05) is 13.1 Å². The van der Waals surface area contributed by atoms with Crippen LogP contribution in [0, 0.1) is 0 Å². The van der Waals surface area contributed by atoms with E-state index in [-0.39, 0.29) is 12.4 Å². The highest BCUT2D eigenvalue weighted by atomic mass is 35.5. The molecule has 2 heterocycles. The number of unbranched alkanes of at least 4 members (excludes halogenated alkanes) is 30. The van der Waals surface area contributed by atoms with Crippen LogP contribution >= 0.6 is 12.4 Å². The third-order valence-corrected chi connectivity index (χ3v) is 10.5. The molecule has 2 aliphatic heterocycles. The molecule has 52 heavy (non-hydrogen) atoms. The van der Waals surface area contributed by atoms with Crippen molar-refractivity contribution in [3.63, 3.8) is 0 Å². The number of halogens is 1. The first-order valence-corrected chi connectivity index (χ1v) is 23.6. The molecule has 0 aromatic carbocycles. The molecule has 2 atom stereocenters. The van der Waals surface area contributed by atoms with Crippen molar-refractivity contribution in [2.75, 3.05) is 52.5 Å². The van der Waals surface area contributed by atoms with Crippen molar-refractivity contribution in [3.8, 4) is 0 Å². The molecule has 2 rings (SSSR count). The van der Waals surface area contributed by atoms with E-state index < -0.39 is 0 Å². The summed E-state index contributed by atoms with van der Waals surface area (Å²) in [6, 6.07) is 0. The van der Waals surface area contributed by atoms with Gasteiger partial charge in [0.15, 0.2) is 0 Å². The number of ether oxygens (including phenoxy) is 2. The maximum atomic E-state index is 4.95. The highest BCUT2D eigenvalue weighted by molar-refractivity contribution is 5.85. The molecule has 0 bridgehead atoms. The van der Waals surface area contributed by atoms with Crippen LogP contribution < -0.4 is 16.0 Å². The molecular weight excluding hydrogens is 662 g/mol. The zero-order valence-corrected chi connectivity index (χ0v) is 37.0. The molecular formula is C46H98ClN3O2. The van der Waals surface area contributed by atoms with Crippen LogP contribution in [0.4, 0.5) is 0 Å². The van der Waals surface area contributed by atoms with Gasteiger partial charge in [0.2, 0.25) is 0 Å². The molecule has 0 amide bonds. The molecule has 316 valence electrons. The van der Waals surface area contributed by atoms with Gasteiger partial charge in [-0.25, -0.2) is 0 Å².